The fourth-order valence-corrected chi connectivity index (χ4v) is 6.28. The van der Waals surface area contributed by atoms with Crippen LogP contribution in [0.5, 0.6) is 0 Å². The minimum atomic E-state index is -0.373. The quantitative estimate of drug-likeness (QED) is 0.267. The van der Waals surface area contributed by atoms with Gasteiger partial charge in [0, 0.05) is 20.8 Å². The normalized spacial score (nSPS) is 14.9. The number of rotatable bonds is 6. The van der Waals surface area contributed by atoms with Crippen LogP contribution in [-0.4, -0.2) is 23.5 Å². The second kappa shape index (κ2) is 10.4. The molecule has 0 bridgehead atoms. The van der Waals surface area contributed by atoms with Gasteiger partial charge in [0.25, 0.3) is 5.91 Å². The molecule has 184 valence electrons. The number of anilines is 1. The highest BCUT2D eigenvalue weighted by molar-refractivity contribution is 7.17. The van der Waals surface area contributed by atoms with E-state index in [1.54, 1.807) is 25.1 Å². The molecule has 0 fully saturated rings. The van der Waals surface area contributed by atoms with Crippen LogP contribution in [0.4, 0.5) is 5.00 Å². The molecule has 1 unspecified atom stereocenters. The SMILES string of the molecule is CCOC(=O)c1c(NC(=O)c2cc(-c3ccc(Cl)cc3)nc3ccccc23)sc2c1CCC(CC)C2. The van der Waals surface area contributed by atoms with Crippen LogP contribution in [0.1, 0.15) is 57.8 Å². The zero-order chi connectivity index (χ0) is 25.2. The first-order chi connectivity index (χ1) is 17.5. The van der Waals surface area contributed by atoms with Crippen LogP contribution in [0.25, 0.3) is 22.2 Å². The van der Waals surface area contributed by atoms with Gasteiger partial charge in [0.1, 0.15) is 5.00 Å². The van der Waals surface area contributed by atoms with Gasteiger partial charge in [-0.15, -0.1) is 11.3 Å². The Labute approximate surface area is 219 Å². The van der Waals surface area contributed by atoms with Gasteiger partial charge in [-0.05, 0) is 61.9 Å². The number of amides is 1. The van der Waals surface area contributed by atoms with Crippen LogP contribution in [-0.2, 0) is 17.6 Å². The van der Waals surface area contributed by atoms with Gasteiger partial charge in [0.05, 0.1) is 28.9 Å². The number of nitrogens with zero attached hydrogens (tertiary/aromatic N) is 1. The third kappa shape index (κ3) is 4.75. The summed E-state index contributed by atoms with van der Waals surface area (Å²) in [7, 11) is 0. The van der Waals surface area contributed by atoms with Gasteiger partial charge in [0.15, 0.2) is 0 Å². The van der Waals surface area contributed by atoms with E-state index in [0.717, 1.165) is 47.7 Å². The Hall–Kier alpha value is -3.22. The number of benzene rings is 2. The molecule has 0 radical (unpaired) electrons. The first kappa shape index (κ1) is 24.5. The fourth-order valence-electron chi connectivity index (χ4n) is 4.81. The number of para-hydroxylation sites is 1. The average Bonchev–Trinajstić information content (AvgIpc) is 3.25. The first-order valence-corrected chi connectivity index (χ1v) is 13.5. The number of nitrogens with one attached hydrogen (secondary N) is 1. The van der Waals surface area contributed by atoms with E-state index < -0.39 is 0 Å². The number of hydrogen-bond donors (Lipinski definition) is 1. The number of carbonyl (C=O) groups excluding carboxylic acids is 2. The van der Waals surface area contributed by atoms with Crippen molar-refractivity contribution in [3.8, 4) is 11.3 Å². The maximum absolute atomic E-state index is 13.7. The Morgan fingerprint density at radius 2 is 1.92 bits per heavy atom. The summed E-state index contributed by atoms with van der Waals surface area (Å²) in [5.41, 5.74) is 4.30. The molecule has 5 nitrogen and oxygen atoms in total. The summed E-state index contributed by atoms with van der Waals surface area (Å²) in [5.74, 6) is -0.0532. The van der Waals surface area contributed by atoms with E-state index in [2.05, 4.69) is 12.2 Å². The highest BCUT2D eigenvalue weighted by atomic mass is 35.5. The Bertz CT molecular complexity index is 1450. The molecule has 0 saturated heterocycles. The lowest BCUT2D eigenvalue weighted by Crippen LogP contribution is -2.17. The highest BCUT2D eigenvalue weighted by Crippen LogP contribution is 2.41. The molecule has 36 heavy (non-hydrogen) atoms. The Morgan fingerprint density at radius 1 is 1.14 bits per heavy atom. The molecule has 1 aliphatic rings. The lowest BCUT2D eigenvalue weighted by atomic mass is 9.85. The predicted octanol–water partition coefficient (Wildman–Crippen LogP) is 7.56. The molecular formula is C29H27ClN2O3S. The first-order valence-electron chi connectivity index (χ1n) is 12.3. The van der Waals surface area contributed by atoms with E-state index in [4.69, 9.17) is 21.3 Å². The number of fused-ring (bicyclic) bond motifs is 2. The van der Waals surface area contributed by atoms with Crippen LogP contribution < -0.4 is 5.32 Å². The van der Waals surface area contributed by atoms with E-state index in [9.17, 15) is 9.59 Å². The van der Waals surface area contributed by atoms with Crippen LogP contribution >= 0.6 is 22.9 Å². The number of halogens is 1. The summed E-state index contributed by atoms with van der Waals surface area (Å²) in [5, 5.41) is 5.01. The Balaban J connectivity index is 1.56. The van der Waals surface area contributed by atoms with E-state index in [-0.39, 0.29) is 18.5 Å². The largest absolute Gasteiger partial charge is 0.462 e. The lowest BCUT2D eigenvalue weighted by Gasteiger charge is -2.20. The minimum Gasteiger partial charge on any atom is -0.462 e. The van der Waals surface area contributed by atoms with E-state index in [1.807, 2.05) is 36.4 Å². The number of aromatic nitrogens is 1. The van der Waals surface area contributed by atoms with Crippen molar-refractivity contribution in [1.29, 1.82) is 0 Å². The minimum absolute atomic E-state index is 0.278. The average molecular weight is 519 g/mol. The molecule has 1 atom stereocenters. The molecule has 1 N–H and O–H groups in total. The number of carbonyl (C=O) groups is 2. The molecular weight excluding hydrogens is 492 g/mol. The standard InChI is InChI=1S/C29H27ClN2O3S/c1-3-17-9-14-21-25(15-17)36-28(26(21)29(34)35-4-2)32-27(33)22-16-24(18-10-12-19(30)13-11-18)31-23-8-6-5-7-20(22)23/h5-8,10-13,16-17H,3-4,9,14-15H2,1-2H3,(H,32,33). The maximum Gasteiger partial charge on any atom is 0.341 e. The van der Waals surface area contributed by atoms with Crippen molar-refractivity contribution in [3.05, 3.63) is 81.2 Å². The zero-order valence-corrected chi connectivity index (χ0v) is 21.8. The van der Waals surface area contributed by atoms with E-state index in [0.29, 0.717) is 32.8 Å². The third-order valence-corrected chi connectivity index (χ3v) is 8.17. The third-order valence-electron chi connectivity index (χ3n) is 6.75. The molecule has 0 saturated carbocycles. The summed E-state index contributed by atoms with van der Waals surface area (Å²) in [6.45, 7) is 4.28. The molecule has 7 heteroatoms. The summed E-state index contributed by atoms with van der Waals surface area (Å²) in [4.78, 5) is 32.6. The number of pyridine rings is 1. The van der Waals surface area contributed by atoms with Gasteiger partial charge in [-0.2, -0.15) is 0 Å². The van der Waals surface area contributed by atoms with Crippen LogP contribution in [0.3, 0.4) is 0 Å². The van der Waals surface area contributed by atoms with Crippen molar-refractivity contribution < 1.29 is 14.3 Å². The van der Waals surface area contributed by atoms with Gasteiger partial charge < -0.3 is 10.1 Å². The topological polar surface area (TPSA) is 68.3 Å². The van der Waals surface area contributed by atoms with Crippen LogP contribution in [0, 0.1) is 5.92 Å². The summed E-state index contributed by atoms with van der Waals surface area (Å²) >= 11 is 7.57. The smallest absolute Gasteiger partial charge is 0.341 e. The van der Waals surface area contributed by atoms with E-state index >= 15 is 0 Å². The molecule has 2 heterocycles. The van der Waals surface area contributed by atoms with E-state index in [1.165, 1.54) is 16.2 Å². The maximum atomic E-state index is 13.7. The van der Waals surface area contributed by atoms with Crippen molar-refractivity contribution in [2.24, 2.45) is 5.92 Å². The predicted molar refractivity (Wildman–Crippen MR) is 146 cm³/mol. The summed E-state index contributed by atoms with van der Waals surface area (Å²) in [6.07, 6.45) is 3.90. The van der Waals surface area contributed by atoms with Gasteiger partial charge in [-0.1, -0.05) is 55.3 Å². The second-order valence-electron chi connectivity index (χ2n) is 8.98. The van der Waals surface area contributed by atoms with Crippen molar-refractivity contribution in [1.82, 2.24) is 4.98 Å². The van der Waals surface area contributed by atoms with Gasteiger partial charge in [-0.3, -0.25) is 4.79 Å². The van der Waals surface area contributed by atoms with Gasteiger partial charge in [0.2, 0.25) is 0 Å². The zero-order valence-electron chi connectivity index (χ0n) is 20.3. The van der Waals surface area contributed by atoms with Crippen molar-refractivity contribution in [3.63, 3.8) is 0 Å². The molecule has 2 aromatic heterocycles. The van der Waals surface area contributed by atoms with Crippen molar-refractivity contribution >= 4 is 50.7 Å². The fraction of sp³-hybridized carbons (Fsp3) is 0.276. The number of thiophene rings is 1. The van der Waals surface area contributed by atoms with Crippen LogP contribution in [0.2, 0.25) is 5.02 Å². The molecule has 5 rings (SSSR count). The molecule has 4 aromatic rings. The summed E-state index contributed by atoms with van der Waals surface area (Å²) in [6, 6.07) is 16.8. The molecule has 1 aliphatic carbocycles. The van der Waals surface area contributed by atoms with Gasteiger partial charge in [-0.25, -0.2) is 9.78 Å². The summed E-state index contributed by atoms with van der Waals surface area (Å²) < 4.78 is 5.39. The highest BCUT2D eigenvalue weighted by Gasteiger charge is 2.30. The molecule has 0 spiro atoms. The molecule has 2 aromatic carbocycles. The molecule has 0 aliphatic heterocycles. The van der Waals surface area contributed by atoms with Crippen molar-refractivity contribution in [2.75, 3.05) is 11.9 Å². The number of esters is 1. The van der Waals surface area contributed by atoms with Crippen LogP contribution in [0.15, 0.2) is 54.6 Å². The Morgan fingerprint density at radius 3 is 2.67 bits per heavy atom. The monoisotopic (exact) mass is 518 g/mol. The molecule has 1 amide bonds. The number of ether oxygens (including phenoxy) is 1. The van der Waals surface area contributed by atoms with Gasteiger partial charge >= 0.3 is 5.97 Å². The Kier molecular flexibility index (Phi) is 7.08. The second-order valence-corrected chi connectivity index (χ2v) is 10.5. The van der Waals surface area contributed by atoms with Crippen molar-refractivity contribution in [2.45, 2.75) is 39.5 Å². The lowest BCUT2D eigenvalue weighted by molar-refractivity contribution is 0.0526. The number of hydrogen-bond acceptors (Lipinski definition) is 5.